The smallest absolute Gasteiger partial charge is 0.0806 e. The standard InChI is InChI=1S/C6H15N3/c1-4-8-6-9(5-2)7-3/h4,7-8H,1,5-6H2,2-3H3. The van der Waals surface area contributed by atoms with Crippen molar-refractivity contribution in [2.75, 3.05) is 20.3 Å². The zero-order valence-corrected chi connectivity index (χ0v) is 6.15. The molecule has 0 spiro atoms. The van der Waals surface area contributed by atoms with E-state index < -0.39 is 0 Å². The van der Waals surface area contributed by atoms with Crippen LogP contribution in [0.15, 0.2) is 12.8 Å². The van der Waals surface area contributed by atoms with E-state index in [1.165, 1.54) is 0 Å². The molecule has 0 unspecified atom stereocenters. The van der Waals surface area contributed by atoms with Gasteiger partial charge >= 0.3 is 0 Å². The summed E-state index contributed by atoms with van der Waals surface area (Å²) in [5.41, 5.74) is 3.01. The van der Waals surface area contributed by atoms with Crippen molar-refractivity contribution in [3.63, 3.8) is 0 Å². The highest BCUT2D eigenvalue weighted by molar-refractivity contribution is 4.61. The second-order valence-electron chi connectivity index (χ2n) is 1.65. The first-order valence-electron chi connectivity index (χ1n) is 3.11. The summed E-state index contributed by atoms with van der Waals surface area (Å²) in [6, 6.07) is 0. The molecule has 0 aromatic carbocycles. The second-order valence-corrected chi connectivity index (χ2v) is 1.65. The maximum atomic E-state index is 3.54. The van der Waals surface area contributed by atoms with Crippen molar-refractivity contribution < 1.29 is 0 Å². The van der Waals surface area contributed by atoms with E-state index in [9.17, 15) is 0 Å². The predicted molar refractivity (Wildman–Crippen MR) is 39.6 cm³/mol. The number of hydrogen-bond acceptors (Lipinski definition) is 3. The third-order valence-electron chi connectivity index (χ3n) is 1.12. The molecule has 0 aromatic rings. The van der Waals surface area contributed by atoms with E-state index in [4.69, 9.17) is 0 Å². The molecule has 0 aliphatic rings. The van der Waals surface area contributed by atoms with Gasteiger partial charge in [0, 0.05) is 6.54 Å². The SMILES string of the molecule is C=CNCN(CC)NC. The average Bonchev–Trinajstić information content (AvgIpc) is 1.91. The van der Waals surface area contributed by atoms with E-state index in [1.54, 1.807) is 6.20 Å². The molecule has 0 atom stereocenters. The maximum Gasteiger partial charge on any atom is 0.0806 e. The summed E-state index contributed by atoms with van der Waals surface area (Å²) >= 11 is 0. The first-order chi connectivity index (χ1) is 4.35. The summed E-state index contributed by atoms with van der Waals surface area (Å²) in [6.45, 7) is 7.41. The molecule has 0 aromatic heterocycles. The normalized spacial score (nSPS) is 9.67. The molecule has 3 nitrogen and oxygen atoms in total. The van der Waals surface area contributed by atoms with Gasteiger partial charge in [0.25, 0.3) is 0 Å². The van der Waals surface area contributed by atoms with Gasteiger partial charge in [-0.3, -0.25) is 5.43 Å². The molecular formula is C6H15N3. The molecule has 0 amide bonds. The molecule has 0 aliphatic carbocycles. The lowest BCUT2D eigenvalue weighted by atomic mass is 10.7. The Hall–Kier alpha value is -0.540. The summed E-state index contributed by atoms with van der Waals surface area (Å²) < 4.78 is 0. The van der Waals surface area contributed by atoms with Gasteiger partial charge in [0.15, 0.2) is 0 Å². The van der Waals surface area contributed by atoms with Gasteiger partial charge in [-0.15, -0.1) is 0 Å². The van der Waals surface area contributed by atoms with Gasteiger partial charge < -0.3 is 5.32 Å². The summed E-state index contributed by atoms with van der Waals surface area (Å²) in [7, 11) is 1.90. The lowest BCUT2D eigenvalue weighted by Crippen LogP contribution is -2.40. The van der Waals surface area contributed by atoms with Crippen molar-refractivity contribution in [3.8, 4) is 0 Å². The molecular weight excluding hydrogens is 114 g/mol. The number of nitrogens with one attached hydrogen (secondary N) is 2. The fourth-order valence-electron chi connectivity index (χ4n) is 0.524. The summed E-state index contributed by atoms with van der Waals surface area (Å²) in [5.74, 6) is 0. The van der Waals surface area contributed by atoms with Crippen LogP contribution in [0.3, 0.4) is 0 Å². The van der Waals surface area contributed by atoms with Crippen LogP contribution >= 0.6 is 0 Å². The van der Waals surface area contributed by atoms with E-state index in [0.29, 0.717) is 0 Å². The third kappa shape index (κ3) is 4.00. The largest absolute Gasteiger partial charge is 0.378 e. The topological polar surface area (TPSA) is 27.3 Å². The van der Waals surface area contributed by atoms with Gasteiger partial charge in [-0.25, -0.2) is 5.01 Å². The van der Waals surface area contributed by atoms with Crippen molar-refractivity contribution in [3.05, 3.63) is 12.8 Å². The summed E-state index contributed by atoms with van der Waals surface area (Å²) in [5, 5.41) is 5.01. The lowest BCUT2D eigenvalue weighted by molar-refractivity contribution is 0.211. The first-order valence-corrected chi connectivity index (χ1v) is 3.11. The predicted octanol–water partition coefficient (Wildman–Crippen LogP) is 0.133. The molecule has 0 saturated heterocycles. The molecule has 0 rings (SSSR count). The van der Waals surface area contributed by atoms with E-state index in [2.05, 4.69) is 24.2 Å². The molecule has 0 fully saturated rings. The third-order valence-corrected chi connectivity index (χ3v) is 1.12. The molecule has 2 N–H and O–H groups in total. The highest BCUT2D eigenvalue weighted by Gasteiger charge is 1.91. The Morgan fingerprint density at radius 3 is 2.67 bits per heavy atom. The molecule has 0 aliphatic heterocycles. The molecule has 54 valence electrons. The van der Waals surface area contributed by atoms with Gasteiger partial charge in [0.2, 0.25) is 0 Å². The maximum absolute atomic E-state index is 3.54. The minimum absolute atomic E-state index is 0.802. The van der Waals surface area contributed by atoms with Gasteiger partial charge in [0.1, 0.15) is 0 Å². The van der Waals surface area contributed by atoms with E-state index in [1.807, 2.05) is 12.1 Å². The molecule has 0 bridgehead atoms. The summed E-state index contributed by atoms with van der Waals surface area (Å²) in [6.07, 6.45) is 1.68. The van der Waals surface area contributed by atoms with Crippen LogP contribution in [0.4, 0.5) is 0 Å². The zero-order valence-electron chi connectivity index (χ0n) is 6.15. The Morgan fingerprint density at radius 2 is 2.33 bits per heavy atom. The van der Waals surface area contributed by atoms with Crippen LogP contribution in [0.5, 0.6) is 0 Å². The number of nitrogens with zero attached hydrogens (tertiary/aromatic N) is 1. The van der Waals surface area contributed by atoms with Crippen LogP contribution in [0.2, 0.25) is 0 Å². The molecule has 9 heavy (non-hydrogen) atoms. The Balaban J connectivity index is 3.19. The fraction of sp³-hybridized carbons (Fsp3) is 0.667. The van der Waals surface area contributed by atoms with Gasteiger partial charge in [-0.1, -0.05) is 13.5 Å². The van der Waals surface area contributed by atoms with E-state index in [0.717, 1.165) is 13.2 Å². The molecule has 0 heterocycles. The van der Waals surface area contributed by atoms with Crippen LogP contribution in [0.1, 0.15) is 6.92 Å². The fourth-order valence-corrected chi connectivity index (χ4v) is 0.524. The molecule has 3 heteroatoms. The van der Waals surface area contributed by atoms with Crippen LogP contribution in [-0.2, 0) is 0 Å². The van der Waals surface area contributed by atoms with Gasteiger partial charge in [-0.2, -0.15) is 0 Å². The Labute approximate surface area is 56.7 Å². The Morgan fingerprint density at radius 1 is 1.67 bits per heavy atom. The van der Waals surface area contributed by atoms with E-state index in [-0.39, 0.29) is 0 Å². The first kappa shape index (κ1) is 8.46. The average molecular weight is 129 g/mol. The van der Waals surface area contributed by atoms with Crippen molar-refractivity contribution in [2.45, 2.75) is 6.92 Å². The minimum atomic E-state index is 0.802. The Bertz CT molecular complexity index is 68.7. The van der Waals surface area contributed by atoms with Crippen molar-refractivity contribution in [2.24, 2.45) is 0 Å². The van der Waals surface area contributed by atoms with Crippen LogP contribution in [0.25, 0.3) is 0 Å². The van der Waals surface area contributed by atoms with Crippen molar-refractivity contribution >= 4 is 0 Å². The van der Waals surface area contributed by atoms with Crippen LogP contribution < -0.4 is 10.7 Å². The number of hydrazine groups is 1. The lowest BCUT2D eigenvalue weighted by Gasteiger charge is -2.17. The van der Waals surface area contributed by atoms with Crippen molar-refractivity contribution in [1.82, 2.24) is 15.8 Å². The Kier molecular flexibility index (Phi) is 5.26. The van der Waals surface area contributed by atoms with E-state index >= 15 is 0 Å². The highest BCUT2D eigenvalue weighted by atomic mass is 15.5. The number of rotatable bonds is 5. The van der Waals surface area contributed by atoms with Gasteiger partial charge in [-0.05, 0) is 13.2 Å². The minimum Gasteiger partial charge on any atom is -0.378 e. The quantitative estimate of drug-likeness (QED) is 0.408. The summed E-state index contributed by atoms with van der Waals surface area (Å²) in [4.78, 5) is 0. The molecule has 0 radical (unpaired) electrons. The zero-order chi connectivity index (χ0) is 7.11. The van der Waals surface area contributed by atoms with Crippen LogP contribution in [0, 0.1) is 0 Å². The van der Waals surface area contributed by atoms with Gasteiger partial charge in [0.05, 0.1) is 6.67 Å². The number of hydrogen-bond donors (Lipinski definition) is 2. The van der Waals surface area contributed by atoms with Crippen molar-refractivity contribution in [1.29, 1.82) is 0 Å². The highest BCUT2D eigenvalue weighted by Crippen LogP contribution is 1.73. The van der Waals surface area contributed by atoms with Crippen LogP contribution in [-0.4, -0.2) is 25.3 Å². The second kappa shape index (κ2) is 5.59. The monoisotopic (exact) mass is 129 g/mol. The molecule has 0 saturated carbocycles.